The highest BCUT2D eigenvalue weighted by atomic mass is 35.5. The van der Waals surface area contributed by atoms with E-state index < -0.39 is 36.2 Å². The van der Waals surface area contributed by atoms with E-state index in [0.717, 1.165) is 24.3 Å². The largest absolute Gasteiger partial charge is 0.768 e. The summed E-state index contributed by atoms with van der Waals surface area (Å²) in [5.41, 5.74) is 0.192. The van der Waals surface area contributed by atoms with E-state index in [2.05, 4.69) is 25.6 Å². The van der Waals surface area contributed by atoms with Crippen LogP contribution in [0.4, 0.5) is 23.3 Å². The predicted octanol–water partition coefficient (Wildman–Crippen LogP) is 2.05. The van der Waals surface area contributed by atoms with Crippen molar-refractivity contribution < 1.29 is 34.7 Å². The first-order valence-electron chi connectivity index (χ1n) is 8.48. The molecule has 0 fully saturated rings. The highest BCUT2D eigenvalue weighted by Gasteiger charge is 2.18. The van der Waals surface area contributed by atoms with Gasteiger partial charge in [-0.05, 0) is 71.6 Å². The monoisotopic (exact) mass is 534 g/mol. The molecule has 17 heteroatoms. The third-order valence-corrected chi connectivity index (χ3v) is 6.72. The van der Waals surface area contributed by atoms with Crippen LogP contribution in [0.25, 0.3) is 0 Å². The second-order valence-corrected chi connectivity index (χ2v) is 10.4. The molecule has 4 N–H and O–H groups in total. The molecular formula is C16H13ClN5O8S3-. The first kappa shape index (κ1) is 24.9. The fraction of sp³-hybridized carbons (Fsp3) is 0.0625. The van der Waals surface area contributed by atoms with Gasteiger partial charge in [-0.15, -0.1) is 0 Å². The van der Waals surface area contributed by atoms with Crippen molar-refractivity contribution in [1.29, 1.82) is 0 Å². The maximum atomic E-state index is 11.6. The van der Waals surface area contributed by atoms with Gasteiger partial charge in [-0.3, -0.25) is 13.3 Å². The molecule has 0 radical (unpaired) electrons. The van der Waals surface area contributed by atoms with E-state index in [0.29, 0.717) is 5.69 Å². The van der Waals surface area contributed by atoms with Gasteiger partial charge in [0.1, 0.15) is 4.90 Å². The highest BCUT2D eigenvalue weighted by Crippen LogP contribution is 2.27. The Labute approximate surface area is 195 Å². The molecule has 13 nitrogen and oxygen atoms in total. The van der Waals surface area contributed by atoms with E-state index in [4.69, 9.17) is 11.6 Å². The SMILES string of the molecule is Cc1cc(Nc2nc(Cl)nc(Nc3cc(S(=O)[O-])ccc3S(=O)(=O)O)n2)ccc1S(=O)(=O)O. The Balaban J connectivity index is 1.97. The molecule has 0 saturated heterocycles. The maximum Gasteiger partial charge on any atom is 0.296 e. The smallest absolute Gasteiger partial charge is 0.296 e. The number of aryl methyl sites for hydroxylation is 1. The van der Waals surface area contributed by atoms with Crippen LogP contribution in [0.3, 0.4) is 0 Å². The molecule has 2 aromatic carbocycles. The molecule has 0 aliphatic carbocycles. The Bertz CT molecular complexity index is 1480. The van der Waals surface area contributed by atoms with Crippen molar-refractivity contribution in [3.63, 3.8) is 0 Å². The Morgan fingerprint density at radius 1 is 0.909 bits per heavy atom. The first-order chi connectivity index (χ1) is 15.2. The Morgan fingerprint density at radius 3 is 2.03 bits per heavy atom. The third-order valence-electron chi connectivity index (χ3n) is 3.98. The summed E-state index contributed by atoms with van der Waals surface area (Å²) >= 11 is 3.19. The normalized spacial score (nSPS) is 12.9. The van der Waals surface area contributed by atoms with Gasteiger partial charge in [-0.1, -0.05) is 0 Å². The van der Waals surface area contributed by atoms with Gasteiger partial charge in [-0.25, -0.2) is 0 Å². The summed E-state index contributed by atoms with van der Waals surface area (Å²) in [6, 6.07) is 6.66. The van der Waals surface area contributed by atoms with Crippen LogP contribution in [-0.2, 0) is 31.3 Å². The summed E-state index contributed by atoms with van der Waals surface area (Å²) in [4.78, 5) is 10.4. The van der Waals surface area contributed by atoms with E-state index in [1.165, 1.54) is 19.1 Å². The first-order valence-corrected chi connectivity index (χ1v) is 12.8. The number of aromatic nitrogens is 3. The summed E-state index contributed by atoms with van der Waals surface area (Å²) in [5, 5.41) is 4.87. The minimum absolute atomic E-state index is 0.145. The molecule has 0 aliphatic rings. The quantitative estimate of drug-likeness (QED) is 0.252. The van der Waals surface area contributed by atoms with Crippen molar-refractivity contribution in [1.82, 2.24) is 15.0 Å². The van der Waals surface area contributed by atoms with E-state index in [1.54, 1.807) is 0 Å². The van der Waals surface area contributed by atoms with Crippen LogP contribution in [-0.4, -0.2) is 49.7 Å². The predicted molar refractivity (Wildman–Crippen MR) is 116 cm³/mol. The van der Waals surface area contributed by atoms with Crippen molar-refractivity contribution in [2.75, 3.05) is 10.6 Å². The minimum Gasteiger partial charge on any atom is -0.768 e. The number of hydrogen-bond donors (Lipinski definition) is 4. The number of benzene rings is 2. The second kappa shape index (κ2) is 9.26. The lowest BCUT2D eigenvalue weighted by Gasteiger charge is -2.13. The lowest BCUT2D eigenvalue weighted by atomic mass is 10.2. The van der Waals surface area contributed by atoms with Crippen molar-refractivity contribution in [3.8, 4) is 0 Å². The Morgan fingerprint density at radius 2 is 1.48 bits per heavy atom. The standard InChI is InChI=1S/C16H14ClN5O8S3/c1-8-6-9(2-4-12(8)32(25,26)27)18-15-20-14(17)21-16(22-15)19-11-7-10(31(23)24)3-5-13(11)33(28,29)30/h2-7H,1H3,(H,23,24)(H,25,26,27)(H,28,29,30)(H2,18,19,20,21,22)/p-1. The molecule has 0 amide bonds. The molecule has 1 aromatic heterocycles. The van der Waals surface area contributed by atoms with Gasteiger partial charge in [-0.2, -0.15) is 31.8 Å². The van der Waals surface area contributed by atoms with Gasteiger partial charge in [0.05, 0.1) is 10.6 Å². The second-order valence-electron chi connectivity index (χ2n) is 6.32. The topological polar surface area (TPSA) is 212 Å². The molecule has 1 atom stereocenters. The van der Waals surface area contributed by atoms with Gasteiger partial charge in [0.2, 0.25) is 17.2 Å². The van der Waals surface area contributed by atoms with Crippen molar-refractivity contribution in [2.24, 2.45) is 0 Å². The number of hydrogen-bond acceptors (Lipinski definition) is 11. The molecular weight excluding hydrogens is 522 g/mol. The zero-order valence-corrected chi connectivity index (χ0v) is 19.5. The molecule has 176 valence electrons. The van der Waals surface area contributed by atoms with Crippen LogP contribution in [0.5, 0.6) is 0 Å². The Hall–Kier alpha value is -2.73. The fourth-order valence-corrected chi connectivity index (χ4v) is 4.55. The van der Waals surface area contributed by atoms with Crippen LogP contribution in [0, 0.1) is 6.92 Å². The van der Waals surface area contributed by atoms with Gasteiger partial charge in [0.25, 0.3) is 20.2 Å². The summed E-state index contributed by atoms with van der Waals surface area (Å²) in [6.45, 7) is 1.45. The Kier molecular flexibility index (Phi) is 6.99. The van der Waals surface area contributed by atoms with E-state index in [-0.39, 0.29) is 38.2 Å². The minimum atomic E-state index is -4.74. The lowest BCUT2D eigenvalue weighted by Crippen LogP contribution is -2.08. The molecule has 1 heterocycles. The zero-order chi connectivity index (χ0) is 24.6. The van der Waals surface area contributed by atoms with Gasteiger partial charge < -0.3 is 15.2 Å². The van der Waals surface area contributed by atoms with Crippen LogP contribution in [0.15, 0.2) is 51.1 Å². The number of halogens is 1. The van der Waals surface area contributed by atoms with E-state index >= 15 is 0 Å². The molecule has 0 aliphatic heterocycles. The molecule has 0 spiro atoms. The van der Waals surface area contributed by atoms with E-state index in [1.807, 2.05) is 0 Å². The van der Waals surface area contributed by atoms with E-state index in [9.17, 15) is 34.7 Å². The zero-order valence-electron chi connectivity index (χ0n) is 16.3. The third kappa shape index (κ3) is 6.20. The average molecular weight is 535 g/mol. The maximum absolute atomic E-state index is 11.6. The fourth-order valence-electron chi connectivity index (χ4n) is 2.66. The van der Waals surface area contributed by atoms with Crippen LogP contribution in [0.2, 0.25) is 5.28 Å². The summed E-state index contributed by atoms with van der Waals surface area (Å²) in [7, 11) is -9.15. The van der Waals surface area contributed by atoms with Gasteiger partial charge >= 0.3 is 0 Å². The van der Waals surface area contributed by atoms with Gasteiger partial charge in [0, 0.05) is 10.6 Å². The molecule has 0 bridgehead atoms. The summed E-state index contributed by atoms with van der Waals surface area (Å²) in [6.07, 6.45) is 0. The molecule has 33 heavy (non-hydrogen) atoms. The van der Waals surface area contributed by atoms with Crippen molar-refractivity contribution in [2.45, 2.75) is 21.6 Å². The summed E-state index contributed by atoms with van der Waals surface area (Å²) in [5.74, 6) is -0.448. The van der Waals surface area contributed by atoms with Crippen molar-refractivity contribution >= 4 is 66.2 Å². The number of nitrogens with one attached hydrogen (secondary N) is 2. The van der Waals surface area contributed by atoms with Crippen LogP contribution < -0.4 is 10.6 Å². The molecule has 1 unspecified atom stereocenters. The molecule has 0 saturated carbocycles. The number of anilines is 4. The van der Waals surface area contributed by atoms with Gasteiger partial charge in [0.15, 0.2) is 0 Å². The highest BCUT2D eigenvalue weighted by molar-refractivity contribution is 7.86. The van der Waals surface area contributed by atoms with Crippen LogP contribution in [0.1, 0.15) is 5.56 Å². The molecule has 3 rings (SSSR count). The number of nitrogens with zero attached hydrogens (tertiary/aromatic N) is 3. The van der Waals surface area contributed by atoms with Crippen molar-refractivity contribution in [3.05, 3.63) is 47.2 Å². The average Bonchev–Trinajstić information content (AvgIpc) is 2.65. The number of rotatable bonds is 7. The summed E-state index contributed by atoms with van der Waals surface area (Å²) < 4.78 is 87.0. The molecule has 3 aromatic rings. The lowest BCUT2D eigenvalue weighted by molar-refractivity contribution is 0.480. The van der Waals surface area contributed by atoms with Crippen LogP contribution >= 0.6 is 11.6 Å².